The largest absolute Gasteiger partial charge is 0.495 e. The molecule has 0 N–H and O–H groups in total. The van der Waals surface area contributed by atoms with E-state index in [-0.39, 0.29) is 5.54 Å². The van der Waals surface area contributed by atoms with Gasteiger partial charge in [0.1, 0.15) is 5.75 Å². The summed E-state index contributed by atoms with van der Waals surface area (Å²) in [5.74, 6) is 0.769. The number of hydrogen-bond donors (Lipinski definition) is 0. The Morgan fingerprint density at radius 1 is 1.21 bits per heavy atom. The monoisotopic (exact) mass is 352 g/mol. The number of ether oxygens (including phenoxy) is 2. The molecule has 2 fully saturated rings. The summed E-state index contributed by atoms with van der Waals surface area (Å²) >= 11 is 6.23. The van der Waals surface area contributed by atoms with Gasteiger partial charge in [0.05, 0.1) is 25.3 Å². The number of morpholine rings is 1. The summed E-state index contributed by atoms with van der Waals surface area (Å²) < 4.78 is 10.9. The first kappa shape index (κ1) is 18.0. The lowest BCUT2D eigenvalue weighted by atomic mass is 9.73. The average Bonchev–Trinajstić information content (AvgIpc) is 2.63. The van der Waals surface area contributed by atoms with Gasteiger partial charge in [-0.05, 0) is 57.5 Å². The summed E-state index contributed by atoms with van der Waals surface area (Å²) in [5.41, 5.74) is 1.38. The van der Waals surface area contributed by atoms with Gasteiger partial charge in [0.15, 0.2) is 0 Å². The van der Waals surface area contributed by atoms with E-state index in [1.165, 1.54) is 18.4 Å². The van der Waals surface area contributed by atoms with Crippen LogP contribution in [-0.2, 0) is 10.3 Å². The number of rotatable bonds is 4. The SMILES string of the molecule is COc1cc(C2(N(C)C)CCC(N3CCOCC3)CC2)ccc1Cl. The number of hydrogen-bond acceptors (Lipinski definition) is 4. The van der Waals surface area contributed by atoms with Crippen molar-refractivity contribution >= 4 is 11.6 Å². The van der Waals surface area contributed by atoms with Gasteiger partial charge in [0.25, 0.3) is 0 Å². The number of methoxy groups -OCH3 is 1. The highest BCUT2D eigenvalue weighted by molar-refractivity contribution is 6.32. The zero-order valence-corrected chi connectivity index (χ0v) is 15.8. The lowest BCUT2D eigenvalue weighted by molar-refractivity contribution is -0.0112. The van der Waals surface area contributed by atoms with E-state index >= 15 is 0 Å². The Kier molecular flexibility index (Phi) is 5.70. The van der Waals surface area contributed by atoms with Crippen LogP contribution in [-0.4, -0.2) is 63.4 Å². The molecule has 1 aliphatic heterocycles. The van der Waals surface area contributed by atoms with Gasteiger partial charge in [-0.3, -0.25) is 9.80 Å². The second-order valence-corrected chi connectivity index (χ2v) is 7.56. The maximum absolute atomic E-state index is 6.23. The Morgan fingerprint density at radius 2 is 1.88 bits per heavy atom. The molecule has 3 rings (SSSR count). The number of benzene rings is 1. The minimum atomic E-state index is 0.0701. The van der Waals surface area contributed by atoms with Crippen molar-refractivity contribution in [1.82, 2.24) is 9.80 Å². The smallest absolute Gasteiger partial charge is 0.137 e. The van der Waals surface area contributed by atoms with Crippen LogP contribution in [0.4, 0.5) is 0 Å². The molecule has 1 aliphatic carbocycles. The maximum atomic E-state index is 6.23. The van der Waals surface area contributed by atoms with Crippen molar-refractivity contribution < 1.29 is 9.47 Å². The molecule has 1 aromatic carbocycles. The first-order valence-electron chi connectivity index (χ1n) is 8.90. The highest BCUT2D eigenvalue weighted by atomic mass is 35.5. The predicted octanol–water partition coefficient (Wildman–Crippen LogP) is 3.38. The van der Waals surface area contributed by atoms with E-state index in [1.54, 1.807) is 7.11 Å². The van der Waals surface area contributed by atoms with Crippen LogP contribution in [0.3, 0.4) is 0 Å². The van der Waals surface area contributed by atoms with Gasteiger partial charge in [0.2, 0.25) is 0 Å². The van der Waals surface area contributed by atoms with E-state index in [4.69, 9.17) is 21.1 Å². The third kappa shape index (κ3) is 3.43. The van der Waals surface area contributed by atoms with Crippen LogP contribution in [0, 0.1) is 0 Å². The molecule has 1 saturated heterocycles. The van der Waals surface area contributed by atoms with Gasteiger partial charge in [-0.15, -0.1) is 0 Å². The van der Waals surface area contributed by atoms with Crippen molar-refractivity contribution in [3.05, 3.63) is 28.8 Å². The summed E-state index contributed by atoms with van der Waals surface area (Å²) in [6.45, 7) is 3.91. The molecule has 24 heavy (non-hydrogen) atoms. The minimum absolute atomic E-state index is 0.0701. The molecule has 4 nitrogen and oxygen atoms in total. The zero-order chi connectivity index (χ0) is 17.2. The lowest BCUT2D eigenvalue weighted by Gasteiger charge is -2.48. The Morgan fingerprint density at radius 3 is 2.46 bits per heavy atom. The molecule has 2 aliphatic rings. The molecule has 1 saturated carbocycles. The second kappa shape index (κ2) is 7.61. The van der Waals surface area contributed by atoms with Crippen molar-refractivity contribution in [3.8, 4) is 5.75 Å². The molecular weight excluding hydrogens is 324 g/mol. The number of nitrogens with zero attached hydrogens (tertiary/aromatic N) is 2. The molecule has 5 heteroatoms. The third-order valence-electron chi connectivity index (χ3n) is 5.89. The van der Waals surface area contributed by atoms with E-state index in [1.807, 2.05) is 6.07 Å². The fourth-order valence-electron chi connectivity index (χ4n) is 4.33. The minimum Gasteiger partial charge on any atom is -0.495 e. The second-order valence-electron chi connectivity index (χ2n) is 7.15. The van der Waals surface area contributed by atoms with Gasteiger partial charge in [0, 0.05) is 24.7 Å². The van der Waals surface area contributed by atoms with E-state index in [9.17, 15) is 0 Å². The summed E-state index contributed by atoms with van der Waals surface area (Å²) in [5, 5.41) is 0.678. The van der Waals surface area contributed by atoms with Crippen LogP contribution in [0.25, 0.3) is 0 Å². The fourth-order valence-corrected chi connectivity index (χ4v) is 4.53. The molecular formula is C19H29ClN2O2. The fraction of sp³-hybridized carbons (Fsp3) is 0.684. The molecule has 134 valence electrons. The van der Waals surface area contributed by atoms with Gasteiger partial charge in [-0.2, -0.15) is 0 Å². The van der Waals surface area contributed by atoms with Crippen molar-refractivity contribution in [2.45, 2.75) is 37.3 Å². The first-order chi connectivity index (χ1) is 11.6. The topological polar surface area (TPSA) is 24.9 Å². The van der Waals surface area contributed by atoms with E-state index in [0.717, 1.165) is 44.9 Å². The van der Waals surface area contributed by atoms with Gasteiger partial charge in [-0.1, -0.05) is 17.7 Å². The standard InChI is InChI=1S/C19H29ClN2O2/c1-21(2)19(15-4-5-17(20)18(14-15)23-3)8-6-16(7-9-19)22-10-12-24-13-11-22/h4-5,14,16H,6-13H2,1-3H3. The van der Waals surface area contributed by atoms with Crippen LogP contribution >= 0.6 is 11.6 Å². The lowest BCUT2D eigenvalue weighted by Crippen LogP contribution is -2.51. The summed E-state index contributed by atoms with van der Waals surface area (Å²) in [6.07, 6.45) is 4.77. The van der Waals surface area contributed by atoms with Crippen molar-refractivity contribution in [1.29, 1.82) is 0 Å². The highest BCUT2D eigenvalue weighted by Crippen LogP contribution is 2.44. The maximum Gasteiger partial charge on any atom is 0.137 e. The molecule has 0 unspecified atom stereocenters. The van der Waals surface area contributed by atoms with Crippen LogP contribution < -0.4 is 4.74 Å². The highest BCUT2D eigenvalue weighted by Gasteiger charge is 2.40. The molecule has 0 aromatic heterocycles. The first-order valence-corrected chi connectivity index (χ1v) is 9.28. The molecule has 0 atom stereocenters. The van der Waals surface area contributed by atoms with Crippen molar-refractivity contribution in [3.63, 3.8) is 0 Å². The van der Waals surface area contributed by atoms with E-state index < -0.39 is 0 Å². The van der Waals surface area contributed by atoms with Crippen LogP contribution in [0.15, 0.2) is 18.2 Å². The molecule has 0 bridgehead atoms. The Labute approximate surface area is 150 Å². The quantitative estimate of drug-likeness (QED) is 0.829. The van der Waals surface area contributed by atoms with E-state index in [2.05, 4.69) is 36.0 Å². The van der Waals surface area contributed by atoms with Gasteiger partial charge < -0.3 is 9.47 Å². The van der Waals surface area contributed by atoms with E-state index in [0.29, 0.717) is 11.1 Å². The summed E-state index contributed by atoms with van der Waals surface area (Å²) in [7, 11) is 6.06. The van der Waals surface area contributed by atoms with Crippen LogP contribution in [0.2, 0.25) is 5.02 Å². The average molecular weight is 353 g/mol. The molecule has 0 spiro atoms. The predicted molar refractivity (Wildman–Crippen MR) is 98.0 cm³/mol. The normalized spacial score (nSPS) is 29.0. The molecule has 1 heterocycles. The Hall–Kier alpha value is -0.810. The van der Waals surface area contributed by atoms with Crippen LogP contribution in [0.1, 0.15) is 31.2 Å². The molecule has 1 aromatic rings. The molecule has 0 amide bonds. The van der Waals surface area contributed by atoms with Crippen LogP contribution in [0.5, 0.6) is 5.75 Å². The Bertz CT molecular complexity index is 550. The molecule has 0 radical (unpaired) electrons. The summed E-state index contributed by atoms with van der Waals surface area (Å²) in [4.78, 5) is 5.00. The van der Waals surface area contributed by atoms with Crippen molar-refractivity contribution in [2.75, 3.05) is 47.5 Å². The van der Waals surface area contributed by atoms with Crippen molar-refractivity contribution in [2.24, 2.45) is 0 Å². The number of halogens is 1. The van der Waals surface area contributed by atoms with Gasteiger partial charge in [-0.25, -0.2) is 0 Å². The zero-order valence-electron chi connectivity index (χ0n) is 15.1. The third-order valence-corrected chi connectivity index (χ3v) is 6.20. The Balaban J connectivity index is 1.78. The van der Waals surface area contributed by atoms with Gasteiger partial charge >= 0.3 is 0 Å². The summed E-state index contributed by atoms with van der Waals surface area (Å²) in [6, 6.07) is 6.95.